The monoisotopic (exact) mass is 411 g/mol. The third kappa shape index (κ3) is 3.42. The summed E-state index contributed by atoms with van der Waals surface area (Å²) in [7, 11) is 0. The van der Waals surface area contributed by atoms with E-state index in [0.717, 1.165) is 29.0 Å². The summed E-state index contributed by atoms with van der Waals surface area (Å²) < 4.78 is 1.59. The van der Waals surface area contributed by atoms with Crippen molar-refractivity contribution in [3.8, 4) is 0 Å². The number of nitrogens with one attached hydrogen (secondary N) is 3. The Morgan fingerprint density at radius 2 is 1.70 bits per heavy atom. The smallest absolute Gasteiger partial charge is 0.266 e. The van der Waals surface area contributed by atoms with Gasteiger partial charge in [-0.3, -0.25) is 30.3 Å². The summed E-state index contributed by atoms with van der Waals surface area (Å²) in [6, 6.07) is 1.43. The van der Waals surface area contributed by atoms with Crippen LogP contribution in [-0.4, -0.2) is 26.4 Å². The van der Waals surface area contributed by atoms with Gasteiger partial charge in [0.25, 0.3) is 5.56 Å². The van der Waals surface area contributed by atoms with Gasteiger partial charge in [0.05, 0.1) is 6.42 Å². The summed E-state index contributed by atoms with van der Waals surface area (Å²) >= 11 is 0. The predicted molar refractivity (Wildman–Crippen MR) is 110 cm³/mol. The molecule has 4 fully saturated rings. The molecule has 30 heavy (non-hydrogen) atoms. The topological polar surface area (TPSA) is 108 Å². The van der Waals surface area contributed by atoms with Gasteiger partial charge in [0.1, 0.15) is 0 Å². The lowest BCUT2D eigenvalue weighted by molar-refractivity contribution is -0.134. The normalized spacial score (nSPS) is 29.3. The number of H-pyrrole nitrogens is 1. The van der Waals surface area contributed by atoms with E-state index in [0.29, 0.717) is 17.8 Å². The predicted octanol–water partition coefficient (Wildman–Crippen LogP) is 1.94. The lowest BCUT2D eigenvalue weighted by Crippen LogP contribution is -2.50. The number of hydrogen-bond donors (Lipinski definition) is 3. The molecule has 2 amide bonds. The van der Waals surface area contributed by atoms with Crippen molar-refractivity contribution >= 4 is 17.5 Å². The number of hydrazine groups is 1. The molecule has 8 nitrogen and oxygen atoms in total. The zero-order chi connectivity index (χ0) is 21.0. The first-order valence-corrected chi connectivity index (χ1v) is 11.0. The highest BCUT2D eigenvalue weighted by Gasteiger charge is 2.51. The van der Waals surface area contributed by atoms with E-state index in [2.05, 4.69) is 20.9 Å². The summed E-state index contributed by atoms with van der Waals surface area (Å²) in [5.41, 5.74) is 7.84. The van der Waals surface area contributed by atoms with E-state index >= 15 is 0 Å². The fraction of sp³-hybridized carbons (Fsp3) is 0.636. The molecular weight excluding hydrogens is 382 g/mol. The Hall–Kier alpha value is -2.64. The van der Waals surface area contributed by atoms with Gasteiger partial charge in [0.15, 0.2) is 5.65 Å². The van der Waals surface area contributed by atoms with E-state index in [1.54, 1.807) is 4.52 Å². The number of carbonyl (C=O) groups excluding carboxylic acids is 2. The van der Waals surface area contributed by atoms with Gasteiger partial charge in [-0.1, -0.05) is 0 Å². The Bertz CT molecular complexity index is 1050. The molecule has 4 saturated carbocycles. The van der Waals surface area contributed by atoms with Crippen LogP contribution in [0, 0.1) is 37.0 Å². The highest BCUT2D eigenvalue weighted by atomic mass is 16.2. The molecule has 8 heteroatoms. The number of hydrogen-bond acceptors (Lipinski definition) is 4. The van der Waals surface area contributed by atoms with Gasteiger partial charge in [0.2, 0.25) is 11.8 Å². The molecule has 3 N–H and O–H groups in total. The summed E-state index contributed by atoms with van der Waals surface area (Å²) in [4.78, 5) is 41.1. The maximum Gasteiger partial charge on any atom is 0.266 e. The van der Waals surface area contributed by atoms with Gasteiger partial charge in [-0.25, -0.2) is 9.50 Å². The van der Waals surface area contributed by atoms with Crippen LogP contribution < -0.4 is 16.4 Å². The van der Waals surface area contributed by atoms with Crippen LogP contribution in [0.5, 0.6) is 0 Å². The first-order valence-electron chi connectivity index (χ1n) is 11.0. The molecule has 6 rings (SSSR count). The van der Waals surface area contributed by atoms with Gasteiger partial charge < -0.3 is 0 Å². The lowest BCUT2D eigenvalue weighted by atomic mass is 9.49. The molecule has 2 aromatic rings. The zero-order valence-corrected chi connectivity index (χ0v) is 17.6. The van der Waals surface area contributed by atoms with E-state index in [1.807, 2.05) is 13.8 Å². The van der Waals surface area contributed by atoms with Gasteiger partial charge in [-0.2, -0.15) is 0 Å². The average Bonchev–Trinajstić information content (AvgIpc) is 3.02. The maximum atomic E-state index is 12.6. The van der Waals surface area contributed by atoms with Gasteiger partial charge in [-0.15, -0.1) is 0 Å². The molecule has 4 bridgehead atoms. The first kappa shape index (κ1) is 19.3. The minimum Gasteiger partial charge on any atom is -0.273 e. The second-order valence-electron chi connectivity index (χ2n) is 9.94. The van der Waals surface area contributed by atoms with Crippen molar-refractivity contribution in [1.82, 2.24) is 25.4 Å². The van der Waals surface area contributed by atoms with E-state index in [4.69, 9.17) is 0 Å². The SMILES string of the molecule is Cc1nc2cc(=O)[nH]n2c(C)c1CC(=O)NNC(=O)CC12CC3CC(CC(C3)C1)C2. The van der Waals surface area contributed by atoms with Crippen molar-refractivity contribution in [3.05, 3.63) is 33.4 Å². The van der Waals surface area contributed by atoms with E-state index in [9.17, 15) is 14.4 Å². The summed E-state index contributed by atoms with van der Waals surface area (Å²) in [5.74, 6) is 2.00. The highest BCUT2D eigenvalue weighted by molar-refractivity contribution is 5.83. The maximum absolute atomic E-state index is 12.6. The number of carbonyl (C=O) groups is 2. The van der Waals surface area contributed by atoms with Crippen molar-refractivity contribution in [1.29, 1.82) is 0 Å². The first-order chi connectivity index (χ1) is 14.3. The van der Waals surface area contributed by atoms with Crippen LogP contribution in [0.25, 0.3) is 5.65 Å². The molecule has 0 aliphatic heterocycles. The van der Waals surface area contributed by atoms with Crippen molar-refractivity contribution < 1.29 is 9.59 Å². The standard InChI is InChI=1S/C22H29N5O3/c1-12-17(13(2)27-18(23-12)7-20(29)26-27)6-19(28)24-25-21(30)11-22-8-14-3-15(9-22)5-16(4-14)10-22/h7,14-16H,3-6,8-11H2,1-2H3,(H,24,28)(H,25,30)(H,26,29). The third-order valence-corrected chi connectivity index (χ3v) is 7.58. The number of amides is 2. The molecule has 2 heterocycles. The minimum absolute atomic E-state index is 0.0818. The van der Waals surface area contributed by atoms with E-state index in [1.165, 1.54) is 44.6 Å². The van der Waals surface area contributed by atoms with Crippen LogP contribution in [0.3, 0.4) is 0 Å². The fourth-order valence-corrected chi connectivity index (χ4v) is 6.85. The Morgan fingerprint density at radius 3 is 2.33 bits per heavy atom. The molecule has 2 aromatic heterocycles. The molecule has 0 atom stereocenters. The molecule has 0 saturated heterocycles. The molecule has 4 aliphatic carbocycles. The van der Waals surface area contributed by atoms with Crippen LogP contribution in [0.15, 0.2) is 10.9 Å². The van der Waals surface area contributed by atoms with Gasteiger partial charge in [-0.05, 0) is 75.5 Å². The molecule has 0 radical (unpaired) electrons. The molecule has 0 unspecified atom stereocenters. The minimum atomic E-state index is -0.296. The number of aromatic amines is 1. The Labute approximate surface area is 174 Å². The molecule has 0 aromatic carbocycles. The molecule has 4 aliphatic rings. The van der Waals surface area contributed by atoms with Crippen LogP contribution in [0.2, 0.25) is 0 Å². The van der Waals surface area contributed by atoms with Crippen LogP contribution in [-0.2, 0) is 16.0 Å². The second-order valence-corrected chi connectivity index (χ2v) is 9.94. The fourth-order valence-electron chi connectivity index (χ4n) is 6.85. The average molecular weight is 412 g/mol. The second kappa shape index (κ2) is 6.96. The van der Waals surface area contributed by atoms with Crippen molar-refractivity contribution in [2.45, 2.75) is 65.2 Å². The van der Waals surface area contributed by atoms with Crippen LogP contribution in [0.4, 0.5) is 0 Å². The molecular formula is C22H29N5O3. The van der Waals surface area contributed by atoms with Crippen molar-refractivity contribution in [2.75, 3.05) is 0 Å². The number of fused-ring (bicyclic) bond motifs is 1. The molecule has 0 spiro atoms. The number of aromatic nitrogens is 3. The number of rotatable bonds is 4. The summed E-state index contributed by atoms with van der Waals surface area (Å²) in [6.07, 6.45) is 8.13. The van der Waals surface area contributed by atoms with Crippen LogP contribution in [0.1, 0.15) is 61.9 Å². The van der Waals surface area contributed by atoms with Gasteiger partial charge in [0, 0.05) is 29.4 Å². The quantitative estimate of drug-likeness (QED) is 0.668. The zero-order valence-electron chi connectivity index (χ0n) is 17.6. The molecule has 160 valence electrons. The van der Waals surface area contributed by atoms with E-state index < -0.39 is 0 Å². The van der Waals surface area contributed by atoms with Gasteiger partial charge >= 0.3 is 0 Å². The highest BCUT2D eigenvalue weighted by Crippen LogP contribution is 2.61. The summed E-state index contributed by atoms with van der Waals surface area (Å²) in [6.45, 7) is 3.66. The Morgan fingerprint density at radius 1 is 1.10 bits per heavy atom. The summed E-state index contributed by atoms with van der Waals surface area (Å²) in [5, 5.41) is 2.69. The number of nitrogens with zero attached hydrogens (tertiary/aromatic N) is 2. The van der Waals surface area contributed by atoms with E-state index in [-0.39, 0.29) is 29.2 Å². The number of aryl methyl sites for hydroxylation is 2. The third-order valence-electron chi connectivity index (χ3n) is 7.58. The van der Waals surface area contributed by atoms with Crippen LogP contribution >= 0.6 is 0 Å². The Balaban J connectivity index is 1.20. The Kier molecular flexibility index (Phi) is 4.48. The van der Waals surface area contributed by atoms with Crippen molar-refractivity contribution in [3.63, 3.8) is 0 Å². The van der Waals surface area contributed by atoms with Crippen molar-refractivity contribution in [2.24, 2.45) is 23.2 Å². The largest absolute Gasteiger partial charge is 0.273 e. The lowest BCUT2D eigenvalue weighted by Gasteiger charge is -2.56.